The quantitative estimate of drug-likeness (QED) is 0.867. The third-order valence-electron chi connectivity index (χ3n) is 3.16. The van der Waals surface area contributed by atoms with Crippen molar-refractivity contribution in [2.24, 2.45) is 5.73 Å². The zero-order valence-electron chi connectivity index (χ0n) is 11.5. The van der Waals surface area contributed by atoms with E-state index in [4.69, 9.17) is 10.5 Å². The Kier molecular flexibility index (Phi) is 4.58. The molecule has 1 atom stereocenters. The van der Waals surface area contributed by atoms with Crippen LogP contribution < -0.4 is 10.5 Å². The Morgan fingerprint density at radius 3 is 2.68 bits per heavy atom. The first-order chi connectivity index (χ1) is 9.24. The van der Waals surface area contributed by atoms with E-state index in [9.17, 15) is 0 Å². The number of aromatic nitrogens is 2. The zero-order valence-corrected chi connectivity index (χ0v) is 11.5. The minimum Gasteiger partial charge on any atom is -0.497 e. The molecule has 4 nitrogen and oxygen atoms in total. The highest BCUT2D eigenvalue weighted by Gasteiger charge is 2.12. The van der Waals surface area contributed by atoms with Crippen LogP contribution in [0.25, 0.3) is 0 Å². The van der Waals surface area contributed by atoms with Crippen molar-refractivity contribution in [3.05, 3.63) is 48.0 Å². The molecule has 0 aliphatic carbocycles. The second-order valence-electron chi connectivity index (χ2n) is 4.64. The molecule has 1 aromatic heterocycles. The van der Waals surface area contributed by atoms with E-state index in [1.165, 1.54) is 5.56 Å². The maximum Gasteiger partial charge on any atom is 0.125 e. The Bertz CT molecular complexity index is 504. The summed E-state index contributed by atoms with van der Waals surface area (Å²) in [5, 5.41) is 0. The molecule has 1 aromatic carbocycles. The van der Waals surface area contributed by atoms with Crippen molar-refractivity contribution < 1.29 is 4.74 Å². The maximum atomic E-state index is 6.26. The summed E-state index contributed by atoms with van der Waals surface area (Å²) in [6, 6.07) is 7.94. The fourth-order valence-corrected chi connectivity index (χ4v) is 2.19. The highest BCUT2D eigenvalue weighted by Crippen LogP contribution is 2.17. The van der Waals surface area contributed by atoms with Crippen LogP contribution in [0.4, 0.5) is 0 Å². The van der Waals surface area contributed by atoms with Gasteiger partial charge in [0.2, 0.25) is 0 Å². The van der Waals surface area contributed by atoms with E-state index in [0.29, 0.717) is 0 Å². The molecule has 0 bridgehead atoms. The standard InChI is InChI=1S/C15H21N3O/c1-3-9-18-10-8-17-15(18)14(16)11-12-4-6-13(19-2)7-5-12/h4-8,10,14H,3,9,11,16H2,1-2H3. The second kappa shape index (κ2) is 6.38. The van der Waals surface area contributed by atoms with Gasteiger partial charge in [-0.2, -0.15) is 0 Å². The molecule has 1 heterocycles. The molecule has 102 valence electrons. The van der Waals surface area contributed by atoms with Gasteiger partial charge in [-0.1, -0.05) is 19.1 Å². The predicted octanol–water partition coefficient (Wildman–Crippen LogP) is 2.54. The van der Waals surface area contributed by atoms with Crippen LogP contribution in [0.1, 0.15) is 30.8 Å². The third kappa shape index (κ3) is 3.35. The Hall–Kier alpha value is -1.81. The molecule has 0 saturated carbocycles. The molecule has 0 radical (unpaired) electrons. The maximum absolute atomic E-state index is 6.26. The number of ether oxygens (including phenoxy) is 1. The molecule has 0 spiro atoms. The number of nitrogens with zero attached hydrogens (tertiary/aromatic N) is 2. The molecular weight excluding hydrogens is 238 g/mol. The fourth-order valence-electron chi connectivity index (χ4n) is 2.19. The summed E-state index contributed by atoms with van der Waals surface area (Å²) in [6.45, 7) is 3.12. The van der Waals surface area contributed by atoms with Gasteiger partial charge < -0.3 is 15.0 Å². The van der Waals surface area contributed by atoms with Crippen molar-refractivity contribution in [1.29, 1.82) is 0 Å². The summed E-state index contributed by atoms with van der Waals surface area (Å²) in [6.07, 6.45) is 5.68. The van der Waals surface area contributed by atoms with Crippen molar-refractivity contribution >= 4 is 0 Å². The monoisotopic (exact) mass is 259 g/mol. The normalized spacial score (nSPS) is 12.4. The second-order valence-corrected chi connectivity index (χ2v) is 4.64. The van der Waals surface area contributed by atoms with Crippen LogP contribution in [0.5, 0.6) is 5.75 Å². The van der Waals surface area contributed by atoms with Gasteiger partial charge in [-0.25, -0.2) is 4.98 Å². The number of hydrogen-bond donors (Lipinski definition) is 1. The van der Waals surface area contributed by atoms with Crippen molar-refractivity contribution in [1.82, 2.24) is 9.55 Å². The number of aryl methyl sites for hydroxylation is 1. The molecule has 2 N–H and O–H groups in total. The van der Waals surface area contributed by atoms with E-state index in [1.54, 1.807) is 7.11 Å². The minimum atomic E-state index is -0.0741. The number of nitrogens with two attached hydrogens (primary N) is 1. The van der Waals surface area contributed by atoms with Gasteiger partial charge in [-0.3, -0.25) is 0 Å². The molecule has 2 rings (SSSR count). The Morgan fingerprint density at radius 2 is 2.05 bits per heavy atom. The van der Waals surface area contributed by atoms with E-state index >= 15 is 0 Å². The highest BCUT2D eigenvalue weighted by molar-refractivity contribution is 5.28. The first-order valence-corrected chi connectivity index (χ1v) is 6.64. The van der Waals surface area contributed by atoms with Gasteiger partial charge in [0.25, 0.3) is 0 Å². The molecule has 2 aromatic rings. The first kappa shape index (κ1) is 13.6. The van der Waals surface area contributed by atoms with Gasteiger partial charge in [-0.05, 0) is 30.5 Å². The van der Waals surface area contributed by atoms with Crippen LogP contribution in [0.15, 0.2) is 36.7 Å². The van der Waals surface area contributed by atoms with Crippen LogP contribution in [0.3, 0.4) is 0 Å². The van der Waals surface area contributed by atoms with Crippen LogP contribution in [0.2, 0.25) is 0 Å². The van der Waals surface area contributed by atoms with Crippen LogP contribution in [-0.4, -0.2) is 16.7 Å². The molecule has 0 aliphatic rings. The molecule has 1 unspecified atom stereocenters. The summed E-state index contributed by atoms with van der Waals surface area (Å²) in [4.78, 5) is 4.38. The number of methoxy groups -OCH3 is 1. The molecule has 4 heteroatoms. The summed E-state index contributed by atoms with van der Waals surface area (Å²) >= 11 is 0. The van der Waals surface area contributed by atoms with E-state index < -0.39 is 0 Å². The van der Waals surface area contributed by atoms with E-state index in [-0.39, 0.29) is 6.04 Å². The topological polar surface area (TPSA) is 53.1 Å². The lowest BCUT2D eigenvalue weighted by Crippen LogP contribution is -2.19. The minimum absolute atomic E-state index is 0.0741. The molecule has 19 heavy (non-hydrogen) atoms. The van der Waals surface area contributed by atoms with Crippen molar-refractivity contribution in [3.8, 4) is 5.75 Å². The third-order valence-corrected chi connectivity index (χ3v) is 3.16. The van der Waals surface area contributed by atoms with Gasteiger partial charge in [0.15, 0.2) is 0 Å². The summed E-state index contributed by atoms with van der Waals surface area (Å²) in [5.41, 5.74) is 7.45. The lowest BCUT2D eigenvalue weighted by molar-refractivity contribution is 0.414. The van der Waals surface area contributed by atoms with Crippen LogP contribution in [0, 0.1) is 0 Å². The number of rotatable bonds is 6. The largest absolute Gasteiger partial charge is 0.497 e. The van der Waals surface area contributed by atoms with E-state index in [0.717, 1.165) is 31.0 Å². The van der Waals surface area contributed by atoms with Gasteiger partial charge in [0.1, 0.15) is 11.6 Å². The predicted molar refractivity (Wildman–Crippen MR) is 76.1 cm³/mol. The summed E-state index contributed by atoms with van der Waals surface area (Å²) in [7, 11) is 1.67. The van der Waals surface area contributed by atoms with E-state index in [2.05, 4.69) is 16.5 Å². The summed E-state index contributed by atoms with van der Waals surface area (Å²) < 4.78 is 7.28. The van der Waals surface area contributed by atoms with Gasteiger partial charge in [0, 0.05) is 18.9 Å². The Labute approximate surface area is 114 Å². The highest BCUT2D eigenvalue weighted by atomic mass is 16.5. The van der Waals surface area contributed by atoms with Gasteiger partial charge >= 0.3 is 0 Å². The number of imidazole rings is 1. The van der Waals surface area contributed by atoms with Gasteiger partial charge in [0.05, 0.1) is 13.2 Å². The first-order valence-electron chi connectivity index (χ1n) is 6.64. The van der Waals surface area contributed by atoms with Crippen molar-refractivity contribution in [2.45, 2.75) is 32.4 Å². The fraction of sp³-hybridized carbons (Fsp3) is 0.400. The molecule has 0 amide bonds. The van der Waals surface area contributed by atoms with Gasteiger partial charge in [-0.15, -0.1) is 0 Å². The lowest BCUT2D eigenvalue weighted by atomic mass is 10.1. The van der Waals surface area contributed by atoms with Crippen LogP contribution >= 0.6 is 0 Å². The average molecular weight is 259 g/mol. The number of hydrogen-bond acceptors (Lipinski definition) is 3. The smallest absolute Gasteiger partial charge is 0.125 e. The zero-order chi connectivity index (χ0) is 13.7. The molecule has 0 aliphatic heterocycles. The lowest BCUT2D eigenvalue weighted by Gasteiger charge is -2.14. The molecule has 0 saturated heterocycles. The molecular formula is C15H21N3O. The van der Waals surface area contributed by atoms with E-state index in [1.807, 2.05) is 36.7 Å². The molecule has 0 fully saturated rings. The SMILES string of the molecule is CCCn1ccnc1C(N)Cc1ccc(OC)cc1. The Morgan fingerprint density at radius 1 is 1.32 bits per heavy atom. The van der Waals surface area contributed by atoms with Crippen LogP contribution in [-0.2, 0) is 13.0 Å². The number of benzene rings is 1. The van der Waals surface area contributed by atoms with Crippen molar-refractivity contribution in [3.63, 3.8) is 0 Å². The average Bonchev–Trinajstić information content (AvgIpc) is 2.88. The Balaban J connectivity index is 2.06. The summed E-state index contributed by atoms with van der Waals surface area (Å²) in [5.74, 6) is 1.82. The van der Waals surface area contributed by atoms with Crippen molar-refractivity contribution in [2.75, 3.05) is 7.11 Å².